The van der Waals surface area contributed by atoms with Gasteiger partial charge < -0.3 is 35.6 Å². The Balaban J connectivity index is 1.44. The van der Waals surface area contributed by atoms with Gasteiger partial charge in [0.2, 0.25) is 5.91 Å². The third kappa shape index (κ3) is 11.8. The molecule has 5 N–H and O–H groups in total. The van der Waals surface area contributed by atoms with Crippen molar-refractivity contribution in [3.8, 4) is 11.5 Å². The quantitative estimate of drug-likeness (QED) is 0.183. The first-order chi connectivity index (χ1) is 25.1. The molecule has 4 aliphatic rings. The fourth-order valence-corrected chi connectivity index (χ4v) is 10.5. The van der Waals surface area contributed by atoms with Crippen molar-refractivity contribution in [2.24, 2.45) is 28.5 Å². The molecule has 6 unspecified atom stereocenters. The van der Waals surface area contributed by atoms with E-state index in [2.05, 4.69) is 30.2 Å². The average Bonchev–Trinajstić information content (AvgIpc) is 3.60. The van der Waals surface area contributed by atoms with E-state index in [1.165, 1.54) is 6.92 Å². The van der Waals surface area contributed by atoms with Crippen LogP contribution in [0.2, 0.25) is 0 Å². The van der Waals surface area contributed by atoms with Gasteiger partial charge in [0.15, 0.2) is 17.5 Å². The van der Waals surface area contributed by atoms with E-state index in [1.807, 2.05) is 15.7 Å². The van der Waals surface area contributed by atoms with Crippen LogP contribution in [0.15, 0.2) is 11.1 Å². The van der Waals surface area contributed by atoms with Crippen LogP contribution in [-0.4, -0.2) is 75.5 Å². The van der Waals surface area contributed by atoms with Crippen molar-refractivity contribution < 1.29 is 29.3 Å². The molecule has 5 rings (SSSR count). The summed E-state index contributed by atoms with van der Waals surface area (Å²) in [7, 11) is 3.51. The molecule has 4 bridgehead atoms. The van der Waals surface area contributed by atoms with E-state index in [4.69, 9.17) is 15.2 Å². The second kappa shape index (κ2) is 20.4. The summed E-state index contributed by atoms with van der Waals surface area (Å²) in [6.45, 7) is 6.84. The molecule has 6 atom stereocenters. The number of benzene rings is 1. The lowest BCUT2D eigenvalue weighted by atomic mass is 9.89. The molecular weight excluding hydrogens is 697 g/mol. The molecule has 2 fully saturated rings. The topological polar surface area (TPSA) is 147 Å². The number of fused-ring (bicyclic) bond motifs is 7. The molecule has 3 aliphatic heterocycles. The molecule has 0 radical (unpaired) electrons. The number of carbonyl (C=O) groups excluding carboxylic acids is 2. The summed E-state index contributed by atoms with van der Waals surface area (Å²) < 4.78 is 12.5. The lowest BCUT2D eigenvalue weighted by molar-refractivity contribution is -0.148. The molecule has 0 aromatic heterocycles. The fraction of sp³-hybridized carbons (Fsp3) is 0.775. The number of ether oxygens (including phenoxy) is 2. The number of hydrogen-bond donors (Lipinski definition) is 4. The normalized spacial score (nSPS) is 28.9. The summed E-state index contributed by atoms with van der Waals surface area (Å²) in [5.41, 5.74) is 9.04. The minimum Gasteiger partial charge on any atom is -0.504 e. The van der Waals surface area contributed by atoms with Gasteiger partial charge >= 0.3 is 5.97 Å². The lowest BCUT2D eigenvalue weighted by Gasteiger charge is -2.30. The molecule has 1 saturated carbocycles. The number of nitrogens with zero attached hydrogens (tertiary/aromatic N) is 2. The number of amides is 1. The number of rotatable bonds is 4. The number of phenolic OH excluding ortho intramolecular Hbond substituents is 1. The molecule has 12 heteroatoms. The maximum atomic E-state index is 13.8. The second-order valence-electron chi connectivity index (χ2n) is 16.0. The van der Waals surface area contributed by atoms with Gasteiger partial charge in [-0.3, -0.25) is 9.59 Å². The zero-order valence-corrected chi connectivity index (χ0v) is 33.4. The highest BCUT2D eigenvalue weighted by atomic mass is 33.1. The Morgan fingerprint density at radius 2 is 1.88 bits per heavy atom. The zero-order chi connectivity index (χ0) is 37.0. The Kier molecular flexibility index (Phi) is 16.0. The van der Waals surface area contributed by atoms with Gasteiger partial charge in [0.25, 0.3) is 0 Å². The number of nitrogens with one attached hydrogen (secondary N) is 1. The van der Waals surface area contributed by atoms with Crippen molar-refractivity contribution in [2.75, 3.05) is 18.2 Å². The first-order valence-corrected chi connectivity index (χ1v) is 22.5. The summed E-state index contributed by atoms with van der Waals surface area (Å²) in [4.78, 5) is 32.5. The molecule has 1 aromatic rings. The number of phenols is 1. The molecule has 1 aromatic carbocycles. The van der Waals surface area contributed by atoms with E-state index >= 15 is 0 Å². The average molecular weight is 761 g/mol. The van der Waals surface area contributed by atoms with Crippen LogP contribution in [0, 0.1) is 17.8 Å². The van der Waals surface area contributed by atoms with E-state index in [9.17, 15) is 19.8 Å². The van der Waals surface area contributed by atoms with Crippen LogP contribution in [-0.2, 0) is 33.7 Å². The number of aliphatic imine (C=N–C) groups is 1. The molecule has 292 valence electrons. The first-order valence-electron chi connectivity index (χ1n) is 20.0. The SMILES string of the molecule is CC(=O)OC1CCc2cc(c(O)c3c2CCC2CCCC2O3)CN2C(=O)CC(CCNC(N)=NCSSCCCCCCC(O)C1)C2CCC(C)C. The molecule has 10 nitrogen and oxygen atoms in total. The van der Waals surface area contributed by atoms with Crippen molar-refractivity contribution in [1.29, 1.82) is 0 Å². The largest absolute Gasteiger partial charge is 0.504 e. The highest BCUT2D eigenvalue weighted by Gasteiger charge is 2.40. The van der Waals surface area contributed by atoms with E-state index in [0.717, 1.165) is 93.9 Å². The predicted molar refractivity (Wildman–Crippen MR) is 211 cm³/mol. The van der Waals surface area contributed by atoms with Crippen LogP contribution in [0.5, 0.6) is 11.5 Å². The summed E-state index contributed by atoms with van der Waals surface area (Å²) >= 11 is 0. The van der Waals surface area contributed by atoms with Gasteiger partial charge in [-0.1, -0.05) is 54.7 Å². The Morgan fingerprint density at radius 1 is 1.06 bits per heavy atom. The highest BCUT2D eigenvalue weighted by Crippen LogP contribution is 2.46. The Hall–Kier alpha value is -2.31. The number of aryl methyl sites for hydroxylation is 1. The second-order valence-corrected chi connectivity index (χ2v) is 18.5. The molecule has 1 saturated heterocycles. The van der Waals surface area contributed by atoms with Gasteiger partial charge in [-0.05, 0) is 106 Å². The number of hydrogen-bond acceptors (Lipinski definition) is 11. The number of carbonyl (C=O) groups is 2. The Bertz CT molecular complexity index is 1360. The Morgan fingerprint density at radius 3 is 2.69 bits per heavy atom. The van der Waals surface area contributed by atoms with E-state index in [0.29, 0.717) is 80.2 Å². The van der Waals surface area contributed by atoms with Crippen molar-refractivity contribution >= 4 is 39.4 Å². The molecule has 52 heavy (non-hydrogen) atoms. The lowest BCUT2D eigenvalue weighted by Crippen LogP contribution is -2.37. The number of nitrogens with two attached hydrogens (primary N) is 1. The monoisotopic (exact) mass is 760 g/mol. The third-order valence-electron chi connectivity index (χ3n) is 11.5. The van der Waals surface area contributed by atoms with Crippen molar-refractivity contribution in [3.05, 3.63) is 22.8 Å². The third-order valence-corrected chi connectivity index (χ3v) is 13.7. The van der Waals surface area contributed by atoms with Crippen LogP contribution >= 0.6 is 21.6 Å². The van der Waals surface area contributed by atoms with Crippen LogP contribution in [0.3, 0.4) is 0 Å². The summed E-state index contributed by atoms with van der Waals surface area (Å²) in [5.74, 6) is 3.73. The smallest absolute Gasteiger partial charge is 0.302 e. The maximum absolute atomic E-state index is 13.8. The summed E-state index contributed by atoms with van der Waals surface area (Å²) in [5, 5.41) is 26.2. The van der Waals surface area contributed by atoms with Gasteiger partial charge in [-0.2, -0.15) is 0 Å². The molecule has 1 amide bonds. The highest BCUT2D eigenvalue weighted by molar-refractivity contribution is 8.76. The number of aromatic hydroxyl groups is 1. The van der Waals surface area contributed by atoms with E-state index in [1.54, 1.807) is 10.8 Å². The zero-order valence-electron chi connectivity index (χ0n) is 31.8. The summed E-state index contributed by atoms with van der Waals surface area (Å²) in [6, 6.07) is 2.14. The minimum atomic E-state index is -0.545. The molecule has 1 aliphatic carbocycles. The van der Waals surface area contributed by atoms with Crippen molar-refractivity contribution in [3.63, 3.8) is 0 Å². The number of guanidine groups is 1. The van der Waals surface area contributed by atoms with Gasteiger partial charge in [0, 0.05) is 55.8 Å². The first kappa shape index (κ1) is 40.9. The maximum Gasteiger partial charge on any atom is 0.302 e. The number of aliphatic hydroxyl groups excluding tert-OH is 1. The van der Waals surface area contributed by atoms with E-state index < -0.39 is 12.2 Å². The van der Waals surface area contributed by atoms with Crippen molar-refractivity contribution in [1.82, 2.24) is 10.2 Å². The van der Waals surface area contributed by atoms with Crippen LogP contribution in [0.4, 0.5) is 0 Å². The molecule has 3 heterocycles. The van der Waals surface area contributed by atoms with Crippen LogP contribution in [0.25, 0.3) is 0 Å². The van der Waals surface area contributed by atoms with Gasteiger partial charge in [-0.15, -0.1) is 0 Å². The van der Waals surface area contributed by atoms with E-state index in [-0.39, 0.29) is 35.7 Å². The van der Waals surface area contributed by atoms with Gasteiger partial charge in [0.1, 0.15) is 12.2 Å². The van der Waals surface area contributed by atoms with Gasteiger partial charge in [0.05, 0.1) is 12.0 Å². The Labute approximate surface area is 319 Å². The number of aliphatic hydroxyl groups is 1. The van der Waals surface area contributed by atoms with Crippen molar-refractivity contribution in [2.45, 2.75) is 161 Å². The standard InChI is InChI=1S/C40H64N4O6S2/c1-26(2)12-17-35-30-18-19-42-40(41)43-25-52-51-20-7-5-4-6-10-32(46)23-33(49-27(3)45)15-13-29-21-31(24-44(35)37(47)22-30)38(48)39-34(29)16-14-28-9-8-11-36(28)50-39/h21,26,28,30,32-33,35-36,46,48H,4-20,22-25H2,1-3H3,(H3,41,42,43). The minimum absolute atomic E-state index is 0.0528. The fourth-order valence-electron chi connectivity index (χ4n) is 8.74. The summed E-state index contributed by atoms with van der Waals surface area (Å²) in [6.07, 6.45) is 13.9. The predicted octanol–water partition coefficient (Wildman–Crippen LogP) is 7.25. The van der Waals surface area contributed by atoms with Crippen LogP contribution in [0.1, 0.15) is 134 Å². The molecule has 0 spiro atoms. The number of esters is 1. The van der Waals surface area contributed by atoms with Gasteiger partial charge in [-0.25, -0.2) is 4.99 Å². The van der Waals surface area contributed by atoms with Crippen LogP contribution < -0.4 is 15.8 Å². The molecular formula is C40H64N4O6S2.